The van der Waals surface area contributed by atoms with Gasteiger partial charge in [0.2, 0.25) is 0 Å². The molecule has 1 aromatic rings. The highest BCUT2D eigenvalue weighted by atomic mass is 16.5. The molecule has 21 heavy (non-hydrogen) atoms. The van der Waals surface area contributed by atoms with Gasteiger partial charge in [-0.05, 0) is 19.8 Å². The van der Waals surface area contributed by atoms with Crippen molar-refractivity contribution in [1.82, 2.24) is 14.9 Å². The van der Waals surface area contributed by atoms with Crippen molar-refractivity contribution < 1.29 is 9.47 Å². The molecule has 2 aliphatic rings. The van der Waals surface area contributed by atoms with Gasteiger partial charge in [-0.1, -0.05) is 0 Å². The smallest absolute Gasteiger partial charge is 0.129 e. The lowest BCUT2D eigenvalue weighted by molar-refractivity contribution is -0.0647. The Kier molecular flexibility index (Phi) is 4.67. The maximum Gasteiger partial charge on any atom is 0.129 e. The van der Waals surface area contributed by atoms with Crippen LogP contribution in [-0.4, -0.2) is 60.9 Å². The molecule has 6 heteroatoms. The van der Waals surface area contributed by atoms with Gasteiger partial charge < -0.3 is 14.8 Å². The number of morpholine rings is 1. The van der Waals surface area contributed by atoms with Gasteiger partial charge in [-0.2, -0.15) is 0 Å². The van der Waals surface area contributed by atoms with E-state index in [1.807, 2.05) is 20.0 Å². The Labute approximate surface area is 125 Å². The largest absolute Gasteiger partial charge is 0.381 e. The fraction of sp³-hybridized carbons (Fsp3) is 0.733. The van der Waals surface area contributed by atoms with Gasteiger partial charge in [0.25, 0.3) is 0 Å². The van der Waals surface area contributed by atoms with E-state index in [2.05, 4.69) is 20.2 Å². The van der Waals surface area contributed by atoms with Gasteiger partial charge in [-0.15, -0.1) is 0 Å². The Balaban J connectivity index is 1.71. The molecule has 0 spiro atoms. The molecule has 0 bridgehead atoms. The molecule has 1 aromatic heterocycles. The molecule has 2 fully saturated rings. The van der Waals surface area contributed by atoms with Crippen molar-refractivity contribution in [3.8, 4) is 0 Å². The number of rotatable bonds is 3. The summed E-state index contributed by atoms with van der Waals surface area (Å²) in [6.07, 6.45) is 2.28. The van der Waals surface area contributed by atoms with Crippen LogP contribution in [0.4, 0.5) is 5.82 Å². The molecule has 3 rings (SSSR count). The number of aryl methyl sites for hydroxylation is 1. The van der Waals surface area contributed by atoms with Crippen LogP contribution in [0.5, 0.6) is 0 Å². The van der Waals surface area contributed by atoms with Gasteiger partial charge in [0, 0.05) is 45.5 Å². The van der Waals surface area contributed by atoms with Crippen molar-refractivity contribution in [2.45, 2.75) is 31.9 Å². The third-order valence-corrected chi connectivity index (χ3v) is 4.25. The van der Waals surface area contributed by atoms with E-state index in [9.17, 15) is 0 Å². The zero-order chi connectivity index (χ0) is 14.7. The Morgan fingerprint density at radius 2 is 2.05 bits per heavy atom. The molecule has 2 aliphatic heterocycles. The van der Waals surface area contributed by atoms with Crippen LogP contribution >= 0.6 is 0 Å². The molecule has 0 radical (unpaired) electrons. The second-order valence-electron chi connectivity index (χ2n) is 5.67. The van der Waals surface area contributed by atoms with Crippen LogP contribution in [0.3, 0.4) is 0 Å². The Hall–Kier alpha value is -1.24. The first kappa shape index (κ1) is 14.7. The highest BCUT2D eigenvalue weighted by Gasteiger charge is 2.29. The van der Waals surface area contributed by atoms with E-state index in [1.165, 1.54) is 0 Å². The summed E-state index contributed by atoms with van der Waals surface area (Å²) >= 11 is 0. The van der Waals surface area contributed by atoms with E-state index in [0.29, 0.717) is 6.04 Å². The van der Waals surface area contributed by atoms with Crippen molar-refractivity contribution in [2.75, 3.05) is 45.3 Å². The number of ether oxygens (including phenoxy) is 2. The molecular formula is C15H24N4O2. The highest BCUT2D eigenvalue weighted by molar-refractivity contribution is 5.35. The lowest BCUT2D eigenvalue weighted by Crippen LogP contribution is -2.47. The lowest BCUT2D eigenvalue weighted by atomic mass is 10.0. The van der Waals surface area contributed by atoms with Crippen LogP contribution in [0, 0.1) is 6.92 Å². The number of nitrogens with one attached hydrogen (secondary N) is 1. The third-order valence-electron chi connectivity index (χ3n) is 4.25. The molecule has 0 amide bonds. The predicted molar refractivity (Wildman–Crippen MR) is 80.4 cm³/mol. The first-order valence-electron chi connectivity index (χ1n) is 7.73. The summed E-state index contributed by atoms with van der Waals surface area (Å²) in [6, 6.07) is 2.61. The first-order chi connectivity index (χ1) is 10.3. The van der Waals surface area contributed by atoms with E-state index in [0.717, 1.165) is 63.1 Å². The van der Waals surface area contributed by atoms with Gasteiger partial charge in [-0.3, -0.25) is 4.90 Å². The van der Waals surface area contributed by atoms with Crippen LogP contribution in [0.1, 0.15) is 30.5 Å². The van der Waals surface area contributed by atoms with Crippen molar-refractivity contribution in [3.63, 3.8) is 0 Å². The number of aromatic nitrogens is 2. The maximum absolute atomic E-state index is 5.95. The van der Waals surface area contributed by atoms with E-state index in [1.54, 1.807) is 0 Å². The van der Waals surface area contributed by atoms with Gasteiger partial charge in [-0.25, -0.2) is 9.97 Å². The van der Waals surface area contributed by atoms with Crippen molar-refractivity contribution in [3.05, 3.63) is 17.6 Å². The zero-order valence-electron chi connectivity index (χ0n) is 12.8. The minimum Gasteiger partial charge on any atom is -0.381 e. The van der Waals surface area contributed by atoms with Gasteiger partial charge in [0.05, 0.1) is 12.3 Å². The monoisotopic (exact) mass is 292 g/mol. The molecule has 116 valence electrons. The number of hydrogen-bond donors (Lipinski definition) is 1. The van der Waals surface area contributed by atoms with Crippen molar-refractivity contribution in [1.29, 1.82) is 0 Å². The summed E-state index contributed by atoms with van der Waals surface area (Å²) in [4.78, 5) is 11.4. The second-order valence-corrected chi connectivity index (χ2v) is 5.67. The minimum atomic E-state index is 0.0374. The van der Waals surface area contributed by atoms with E-state index < -0.39 is 0 Å². The van der Waals surface area contributed by atoms with Crippen LogP contribution in [0.15, 0.2) is 6.07 Å². The Morgan fingerprint density at radius 3 is 2.81 bits per heavy atom. The fourth-order valence-electron chi connectivity index (χ4n) is 3.11. The predicted octanol–water partition coefficient (Wildman–Crippen LogP) is 1.38. The summed E-state index contributed by atoms with van der Waals surface area (Å²) in [5.41, 5.74) is 0.976. The van der Waals surface area contributed by atoms with Crippen molar-refractivity contribution >= 4 is 5.82 Å². The second kappa shape index (κ2) is 6.68. The molecule has 3 heterocycles. The molecule has 2 saturated heterocycles. The molecule has 1 unspecified atom stereocenters. The van der Waals surface area contributed by atoms with Crippen LogP contribution in [0.25, 0.3) is 0 Å². The fourth-order valence-corrected chi connectivity index (χ4v) is 3.11. The molecule has 1 N–H and O–H groups in total. The summed E-state index contributed by atoms with van der Waals surface area (Å²) < 4.78 is 11.4. The molecule has 1 atom stereocenters. The van der Waals surface area contributed by atoms with E-state index in [4.69, 9.17) is 9.47 Å². The first-order valence-corrected chi connectivity index (χ1v) is 7.73. The van der Waals surface area contributed by atoms with Crippen molar-refractivity contribution in [2.24, 2.45) is 0 Å². The lowest BCUT2D eigenvalue weighted by Gasteiger charge is -2.39. The summed E-state index contributed by atoms with van der Waals surface area (Å²) in [7, 11) is 1.88. The standard InChI is InChI=1S/C15H24N4O2/c1-11-17-13(9-15(16-2)18-11)14-10-19(5-8-21-14)12-3-6-20-7-4-12/h9,12,14H,3-8,10H2,1-2H3,(H,16,17,18). The Bertz CT molecular complexity index is 477. The summed E-state index contributed by atoms with van der Waals surface area (Å²) in [5, 5.41) is 3.09. The van der Waals surface area contributed by atoms with Crippen LogP contribution in [0.2, 0.25) is 0 Å². The summed E-state index contributed by atoms with van der Waals surface area (Å²) in [6.45, 7) is 6.35. The maximum atomic E-state index is 5.95. The SMILES string of the molecule is CNc1cc(C2CN(C3CCOCC3)CCO2)nc(C)n1. The molecule has 0 aromatic carbocycles. The Morgan fingerprint density at radius 1 is 1.24 bits per heavy atom. The summed E-state index contributed by atoms with van der Waals surface area (Å²) in [5.74, 6) is 1.63. The topological polar surface area (TPSA) is 59.5 Å². The molecule has 0 aliphatic carbocycles. The average Bonchev–Trinajstić information content (AvgIpc) is 2.55. The third kappa shape index (κ3) is 3.51. The minimum absolute atomic E-state index is 0.0374. The number of nitrogens with zero attached hydrogens (tertiary/aromatic N) is 3. The highest BCUT2D eigenvalue weighted by Crippen LogP contribution is 2.26. The van der Waals surface area contributed by atoms with E-state index >= 15 is 0 Å². The zero-order valence-corrected chi connectivity index (χ0v) is 12.8. The number of hydrogen-bond acceptors (Lipinski definition) is 6. The number of anilines is 1. The van der Waals surface area contributed by atoms with Crippen LogP contribution in [-0.2, 0) is 9.47 Å². The van der Waals surface area contributed by atoms with Gasteiger partial charge >= 0.3 is 0 Å². The molecule has 0 saturated carbocycles. The quantitative estimate of drug-likeness (QED) is 0.908. The van der Waals surface area contributed by atoms with Gasteiger partial charge in [0.15, 0.2) is 0 Å². The van der Waals surface area contributed by atoms with E-state index in [-0.39, 0.29) is 6.10 Å². The molecular weight excluding hydrogens is 268 g/mol. The normalized spacial score (nSPS) is 25.0. The van der Waals surface area contributed by atoms with Gasteiger partial charge in [0.1, 0.15) is 17.7 Å². The van der Waals surface area contributed by atoms with Crippen LogP contribution < -0.4 is 5.32 Å². The molecule has 6 nitrogen and oxygen atoms in total. The average molecular weight is 292 g/mol.